The average Bonchev–Trinajstić information content (AvgIpc) is 2.30. The van der Waals surface area contributed by atoms with Crippen molar-refractivity contribution in [2.75, 3.05) is 6.54 Å². The van der Waals surface area contributed by atoms with Crippen molar-refractivity contribution in [2.45, 2.75) is 38.5 Å². The maximum Gasteiger partial charge on any atom is 0.113 e. The molecule has 3 heteroatoms. The fourth-order valence-corrected chi connectivity index (χ4v) is 1.57. The Hall–Kier alpha value is -0.0800. The minimum atomic E-state index is -0.0631. The van der Waals surface area contributed by atoms with Crippen molar-refractivity contribution in [3.8, 4) is 0 Å². The second kappa shape index (κ2) is 6.44. The maximum atomic E-state index is 13.0. The van der Waals surface area contributed by atoms with E-state index in [-0.39, 0.29) is 24.8 Å². The number of allylic oxidation sites excluding steroid dienone is 1. The summed E-state index contributed by atoms with van der Waals surface area (Å²) in [6.45, 7) is 0.0926. The first kappa shape index (κ1) is 11.9. The normalized spacial score (nSPS) is 18.0. The zero-order valence-corrected chi connectivity index (χ0v) is 8.13. The second-order valence-electron chi connectivity index (χ2n) is 3.13. The number of rotatable bonds is 1. The third-order valence-corrected chi connectivity index (χ3v) is 2.27. The maximum absolute atomic E-state index is 13.0. The van der Waals surface area contributed by atoms with Gasteiger partial charge >= 0.3 is 0 Å². The first-order chi connectivity index (χ1) is 5.34. The number of hydrogen-bond donors (Lipinski definition) is 1. The van der Waals surface area contributed by atoms with E-state index >= 15 is 0 Å². The van der Waals surface area contributed by atoms with Crippen LogP contribution in [-0.4, -0.2) is 6.54 Å². The van der Waals surface area contributed by atoms with Crippen molar-refractivity contribution in [3.05, 3.63) is 11.4 Å². The molecule has 0 bridgehead atoms. The molecular weight excluding hydrogens is 177 g/mol. The molecule has 12 heavy (non-hydrogen) atoms. The first-order valence-electron chi connectivity index (χ1n) is 4.41. The highest BCUT2D eigenvalue weighted by molar-refractivity contribution is 5.85. The van der Waals surface area contributed by atoms with Crippen LogP contribution < -0.4 is 5.73 Å². The molecule has 0 atom stereocenters. The lowest BCUT2D eigenvalue weighted by atomic mass is 10.1. The SMILES string of the molecule is Cl.NCC(F)=C1CCCCCC1. The zero-order chi connectivity index (χ0) is 8.10. The minimum Gasteiger partial charge on any atom is -0.325 e. The van der Waals surface area contributed by atoms with Crippen molar-refractivity contribution in [1.82, 2.24) is 0 Å². The Labute approximate surface area is 79.6 Å². The van der Waals surface area contributed by atoms with Crippen molar-refractivity contribution < 1.29 is 4.39 Å². The van der Waals surface area contributed by atoms with Gasteiger partial charge < -0.3 is 5.73 Å². The van der Waals surface area contributed by atoms with Gasteiger partial charge in [0.25, 0.3) is 0 Å². The quantitative estimate of drug-likeness (QED) is 0.637. The molecule has 0 aromatic carbocycles. The van der Waals surface area contributed by atoms with E-state index in [0.717, 1.165) is 31.3 Å². The van der Waals surface area contributed by atoms with Crippen molar-refractivity contribution in [3.63, 3.8) is 0 Å². The van der Waals surface area contributed by atoms with Crippen LogP contribution in [-0.2, 0) is 0 Å². The molecule has 0 heterocycles. The van der Waals surface area contributed by atoms with Crippen LogP contribution >= 0.6 is 12.4 Å². The fourth-order valence-electron chi connectivity index (χ4n) is 1.57. The largest absolute Gasteiger partial charge is 0.325 e. The molecule has 1 nitrogen and oxygen atoms in total. The molecular formula is C9H17ClFN. The number of halogens is 2. The van der Waals surface area contributed by atoms with E-state index < -0.39 is 0 Å². The Morgan fingerprint density at radius 1 is 1.17 bits per heavy atom. The van der Waals surface area contributed by atoms with Gasteiger partial charge in [0.15, 0.2) is 0 Å². The summed E-state index contributed by atoms with van der Waals surface area (Å²) in [6.07, 6.45) is 6.65. The predicted octanol–water partition coefficient (Wildman–Crippen LogP) is 2.94. The van der Waals surface area contributed by atoms with Gasteiger partial charge in [0.2, 0.25) is 0 Å². The molecule has 0 unspecified atom stereocenters. The molecule has 0 aromatic heterocycles. The van der Waals surface area contributed by atoms with Gasteiger partial charge in [-0.25, -0.2) is 4.39 Å². The summed E-state index contributed by atoms with van der Waals surface area (Å²) in [5.74, 6) is -0.0631. The summed E-state index contributed by atoms with van der Waals surface area (Å²) in [5, 5.41) is 0. The standard InChI is InChI=1S/C9H16FN.ClH/c10-9(7-11)8-5-3-1-2-4-6-8;/h1-7,11H2;1H. The van der Waals surface area contributed by atoms with E-state index in [1.807, 2.05) is 0 Å². The Morgan fingerprint density at radius 3 is 2.08 bits per heavy atom. The molecule has 72 valence electrons. The summed E-state index contributed by atoms with van der Waals surface area (Å²) in [4.78, 5) is 0. The molecule has 0 spiro atoms. The van der Waals surface area contributed by atoms with Crippen LogP contribution in [0, 0.1) is 0 Å². The van der Waals surface area contributed by atoms with Crippen LogP contribution in [0.15, 0.2) is 11.4 Å². The second-order valence-corrected chi connectivity index (χ2v) is 3.13. The smallest absolute Gasteiger partial charge is 0.113 e. The molecule has 1 rings (SSSR count). The van der Waals surface area contributed by atoms with Crippen LogP contribution in [0.25, 0.3) is 0 Å². The topological polar surface area (TPSA) is 26.0 Å². The highest BCUT2D eigenvalue weighted by Gasteiger charge is 2.08. The lowest BCUT2D eigenvalue weighted by Crippen LogP contribution is -2.02. The lowest BCUT2D eigenvalue weighted by Gasteiger charge is -2.02. The minimum absolute atomic E-state index is 0. The Morgan fingerprint density at radius 2 is 1.67 bits per heavy atom. The first-order valence-corrected chi connectivity index (χ1v) is 4.41. The highest BCUT2D eigenvalue weighted by atomic mass is 35.5. The molecule has 0 aromatic rings. The van der Waals surface area contributed by atoms with Crippen LogP contribution in [0.3, 0.4) is 0 Å². The molecule has 1 fully saturated rings. The van der Waals surface area contributed by atoms with E-state index in [9.17, 15) is 4.39 Å². The van der Waals surface area contributed by atoms with Gasteiger partial charge in [-0.15, -0.1) is 12.4 Å². The Kier molecular flexibility index (Phi) is 6.39. The summed E-state index contributed by atoms with van der Waals surface area (Å²) in [6, 6.07) is 0. The Bertz CT molecular complexity index is 147. The summed E-state index contributed by atoms with van der Waals surface area (Å²) < 4.78 is 13.0. The number of nitrogens with two attached hydrogens (primary N) is 1. The van der Waals surface area contributed by atoms with E-state index in [0.29, 0.717) is 0 Å². The third-order valence-electron chi connectivity index (χ3n) is 2.27. The van der Waals surface area contributed by atoms with Gasteiger partial charge in [-0.1, -0.05) is 12.8 Å². The fraction of sp³-hybridized carbons (Fsp3) is 0.778. The van der Waals surface area contributed by atoms with E-state index in [2.05, 4.69) is 0 Å². The van der Waals surface area contributed by atoms with Crippen molar-refractivity contribution in [1.29, 1.82) is 0 Å². The van der Waals surface area contributed by atoms with Crippen LogP contribution in [0.1, 0.15) is 38.5 Å². The summed E-state index contributed by atoms with van der Waals surface area (Å²) >= 11 is 0. The van der Waals surface area contributed by atoms with Gasteiger partial charge in [0, 0.05) is 6.54 Å². The molecule has 1 aliphatic carbocycles. The van der Waals surface area contributed by atoms with Crippen LogP contribution in [0.2, 0.25) is 0 Å². The van der Waals surface area contributed by atoms with Gasteiger partial charge in [-0.2, -0.15) is 0 Å². The average molecular weight is 194 g/mol. The van der Waals surface area contributed by atoms with Crippen LogP contribution in [0.4, 0.5) is 4.39 Å². The Balaban J connectivity index is 0.00000121. The van der Waals surface area contributed by atoms with Gasteiger partial charge in [0.1, 0.15) is 5.83 Å². The molecule has 0 amide bonds. The van der Waals surface area contributed by atoms with Crippen molar-refractivity contribution >= 4 is 12.4 Å². The van der Waals surface area contributed by atoms with Crippen molar-refractivity contribution in [2.24, 2.45) is 5.73 Å². The molecule has 0 aliphatic heterocycles. The zero-order valence-electron chi connectivity index (χ0n) is 7.31. The van der Waals surface area contributed by atoms with E-state index in [1.165, 1.54) is 12.8 Å². The van der Waals surface area contributed by atoms with E-state index in [1.54, 1.807) is 0 Å². The predicted molar refractivity (Wildman–Crippen MR) is 52.1 cm³/mol. The lowest BCUT2D eigenvalue weighted by molar-refractivity contribution is 0.588. The highest BCUT2D eigenvalue weighted by Crippen LogP contribution is 2.24. The number of hydrogen-bond acceptors (Lipinski definition) is 1. The molecule has 1 aliphatic rings. The van der Waals surface area contributed by atoms with Gasteiger partial charge in [-0.05, 0) is 31.3 Å². The van der Waals surface area contributed by atoms with Gasteiger partial charge in [-0.3, -0.25) is 0 Å². The molecule has 2 N–H and O–H groups in total. The summed E-state index contributed by atoms with van der Waals surface area (Å²) in [5.41, 5.74) is 6.20. The third kappa shape index (κ3) is 3.55. The molecule has 0 saturated heterocycles. The van der Waals surface area contributed by atoms with E-state index in [4.69, 9.17) is 5.73 Å². The van der Waals surface area contributed by atoms with Crippen LogP contribution in [0.5, 0.6) is 0 Å². The monoisotopic (exact) mass is 193 g/mol. The summed E-state index contributed by atoms with van der Waals surface area (Å²) in [7, 11) is 0. The molecule has 0 radical (unpaired) electrons. The molecule has 1 saturated carbocycles. The van der Waals surface area contributed by atoms with Gasteiger partial charge in [0.05, 0.1) is 0 Å².